The number of allylic oxidation sites excluding steroid dienone is 1. The van der Waals surface area contributed by atoms with Crippen LogP contribution in [-0.2, 0) is 0 Å². The van der Waals surface area contributed by atoms with Crippen LogP contribution in [0.3, 0.4) is 0 Å². The molecule has 0 aromatic heterocycles. The molecule has 152 valence electrons. The Morgan fingerprint density at radius 3 is 1.97 bits per heavy atom. The molecule has 5 unspecified atom stereocenters. The fourth-order valence-corrected chi connectivity index (χ4v) is 12.7. The molecule has 5 atom stereocenters. The van der Waals surface area contributed by atoms with Crippen LogP contribution in [0.5, 0.6) is 0 Å². The minimum absolute atomic E-state index is 0.627. The lowest BCUT2D eigenvalue weighted by atomic mass is 9.78. The van der Waals surface area contributed by atoms with E-state index in [2.05, 4.69) is 97.6 Å². The number of fused-ring (bicyclic) bond motifs is 3. The van der Waals surface area contributed by atoms with Crippen molar-refractivity contribution in [2.75, 3.05) is 14.1 Å². The van der Waals surface area contributed by atoms with Crippen molar-refractivity contribution in [1.82, 2.24) is 9.88 Å². The Bertz CT molecular complexity index is 839. The monoisotopic (exact) mass is 402 g/mol. The maximum absolute atomic E-state index is 4.06. The van der Waals surface area contributed by atoms with Gasteiger partial charge in [-0.15, -0.1) is 0 Å². The second-order valence-electron chi connectivity index (χ2n) is 9.41. The predicted molar refractivity (Wildman–Crippen MR) is 125 cm³/mol. The zero-order chi connectivity index (χ0) is 20.0. The summed E-state index contributed by atoms with van der Waals surface area (Å²) >= 11 is 0. The van der Waals surface area contributed by atoms with Gasteiger partial charge in [0.1, 0.15) is 0 Å². The summed E-state index contributed by atoms with van der Waals surface area (Å²) in [6, 6.07) is 23.5. The quantitative estimate of drug-likeness (QED) is 0.778. The highest BCUT2D eigenvalue weighted by molar-refractivity contribution is 7.01. The Morgan fingerprint density at radius 2 is 1.41 bits per heavy atom. The smallest absolute Gasteiger partial charge is 0.195 e. The standard InChI is InChI=1S/C26H34N2Si/c1-19-18-24-22-16-10-11-17-23(22)26(25(24)28(19)3)29(27-2,20-12-6-4-7-13-20)21-14-8-5-9-15-21/h4-9,12-15,18,22-27H,10-11,16-17H2,1-3H3. The van der Waals surface area contributed by atoms with Crippen LogP contribution in [0.15, 0.2) is 72.4 Å². The third kappa shape index (κ3) is 2.78. The predicted octanol–water partition coefficient (Wildman–Crippen LogP) is 3.99. The molecule has 2 nitrogen and oxygen atoms in total. The van der Waals surface area contributed by atoms with E-state index >= 15 is 0 Å². The van der Waals surface area contributed by atoms with Gasteiger partial charge in [0.05, 0.1) is 0 Å². The molecule has 3 heteroatoms. The summed E-state index contributed by atoms with van der Waals surface area (Å²) in [4.78, 5) is 6.70. The Balaban J connectivity index is 1.73. The molecule has 2 aromatic rings. The molecule has 0 saturated heterocycles. The van der Waals surface area contributed by atoms with E-state index in [1.54, 1.807) is 10.4 Å². The van der Waals surface area contributed by atoms with Crippen molar-refractivity contribution in [1.29, 1.82) is 0 Å². The largest absolute Gasteiger partial charge is 0.375 e. The van der Waals surface area contributed by atoms with E-state index in [4.69, 9.17) is 0 Å². The molecule has 2 aromatic carbocycles. The van der Waals surface area contributed by atoms with Crippen molar-refractivity contribution in [2.45, 2.75) is 44.2 Å². The molecule has 29 heavy (non-hydrogen) atoms. The van der Waals surface area contributed by atoms with Crippen LogP contribution in [0.25, 0.3) is 0 Å². The summed E-state index contributed by atoms with van der Waals surface area (Å²) in [6.07, 6.45) is 8.26. The molecule has 0 spiro atoms. The van der Waals surface area contributed by atoms with Crippen molar-refractivity contribution >= 4 is 18.6 Å². The molecule has 2 fully saturated rings. The number of rotatable bonds is 4. The lowest BCUT2D eigenvalue weighted by molar-refractivity contribution is 0.247. The number of hydrogen-bond donors (Lipinski definition) is 1. The Labute approximate surface area is 177 Å². The third-order valence-corrected chi connectivity index (χ3v) is 13.4. The second kappa shape index (κ2) is 7.44. The van der Waals surface area contributed by atoms with Crippen LogP contribution in [0.2, 0.25) is 5.54 Å². The van der Waals surface area contributed by atoms with E-state index in [1.807, 2.05) is 0 Å². The molecule has 0 radical (unpaired) electrons. The van der Waals surface area contributed by atoms with Crippen LogP contribution >= 0.6 is 0 Å². The van der Waals surface area contributed by atoms with Gasteiger partial charge in [-0.2, -0.15) is 0 Å². The van der Waals surface area contributed by atoms with Gasteiger partial charge in [0, 0.05) is 24.7 Å². The highest BCUT2D eigenvalue weighted by atomic mass is 28.3. The SMILES string of the molecule is CN[Si](c1ccccc1)(c1ccccc1)C1C2CCCCC2C2C=C(C)N(C)C21. The molecule has 2 saturated carbocycles. The molecule has 1 N–H and O–H groups in total. The van der Waals surface area contributed by atoms with Crippen LogP contribution in [0, 0.1) is 17.8 Å². The average molecular weight is 403 g/mol. The van der Waals surface area contributed by atoms with Gasteiger partial charge in [0.25, 0.3) is 0 Å². The second-order valence-corrected chi connectivity index (χ2v) is 13.4. The zero-order valence-electron chi connectivity index (χ0n) is 18.0. The summed E-state index contributed by atoms with van der Waals surface area (Å²) in [5, 5.41) is 3.09. The van der Waals surface area contributed by atoms with E-state index in [9.17, 15) is 0 Å². The highest BCUT2D eigenvalue weighted by Crippen LogP contribution is 2.59. The molecule has 2 aliphatic carbocycles. The van der Waals surface area contributed by atoms with E-state index in [1.165, 1.54) is 31.4 Å². The van der Waals surface area contributed by atoms with E-state index in [0.29, 0.717) is 11.6 Å². The van der Waals surface area contributed by atoms with Gasteiger partial charge in [-0.25, -0.2) is 0 Å². The third-order valence-electron chi connectivity index (χ3n) is 8.38. The number of benzene rings is 2. The Hall–Kier alpha value is -1.84. The minimum atomic E-state index is -2.18. The van der Waals surface area contributed by atoms with E-state index in [-0.39, 0.29) is 0 Å². The lowest BCUT2D eigenvalue weighted by Gasteiger charge is -2.46. The van der Waals surface area contributed by atoms with E-state index in [0.717, 1.165) is 17.8 Å². The minimum Gasteiger partial charge on any atom is -0.375 e. The molecule has 5 rings (SSSR count). The van der Waals surface area contributed by atoms with Crippen molar-refractivity contribution in [3.63, 3.8) is 0 Å². The van der Waals surface area contributed by atoms with Gasteiger partial charge in [0.2, 0.25) is 0 Å². The molecular formula is C26H34N2Si. The fourth-order valence-electron chi connectivity index (χ4n) is 7.20. The average Bonchev–Trinajstić information content (AvgIpc) is 3.25. The summed E-state index contributed by atoms with van der Waals surface area (Å²) in [7, 11) is 2.42. The first-order valence-corrected chi connectivity index (χ1v) is 13.5. The van der Waals surface area contributed by atoms with E-state index < -0.39 is 8.24 Å². The van der Waals surface area contributed by atoms with Gasteiger partial charge in [-0.1, -0.05) is 86.0 Å². The zero-order valence-corrected chi connectivity index (χ0v) is 19.0. The van der Waals surface area contributed by atoms with Crippen LogP contribution < -0.4 is 15.4 Å². The molecule has 1 aliphatic heterocycles. The lowest BCUT2D eigenvalue weighted by Crippen LogP contribution is -2.73. The van der Waals surface area contributed by atoms with Crippen molar-refractivity contribution < 1.29 is 0 Å². The number of nitrogens with zero attached hydrogens (tertiary/aromatic N) is 1. The van der Waals surface area contributed by atoms with Crippen molar-refractivity contribution in [3.05, 3.63) is 72.4 Å². The highest BCUT2D eigenvalue weighted by Gasteiger charge is 2.62. The van der Waals surface area contributed by atoms with Gasteiger partial charge in [-0.3, -0.25) is 0 Å². The maximum atomic E-state index is 4.06. The molecule has 0 amide bonds. The Morgan fingerprint density at radius 1 is 0.862 bits per heavy atom. The summed E-state index contributed by atoms with van der Waals surface area (Å²) in [5.41, 5.74) is 2.17. The van der Waals surface area contributed by atoms with Crippen LogP contribution in [0.4, 0.5) is 0 Å². The van der Waals surface area contributed by atoms with Gasteiger partial charge in [0.15, 0.2) is 8.24 Å². The van der Waals surface area contributed by atoms with Gasteiger partial charge in [-0.05, 0) is 48.1 Å². The Kier molecular flexibility index (Phi) is 4.91. The van der Waals surface area contributed by atoms with Crippen molar-refractivity contribution in [3.8, 4) is 0 Å². The first-order valence-electron chi connectivity index (χ1n) is 11.4. The molecule has 0 bridgehead atoms. The maximum Gasteiger partial charge on any atom is 0.195 e. The number of nitrogens with one attached hydrogen (secondary N) is 1. The van der Waals surface area contributed by atoms with Crippen LogP contribution in [-0.4, -0.2) is 33.3 Å². The topological polar surface area (TPSA) is 15.3 Å². The van der Waals surface area contributed by atoms with Crippen LogP contribution in [0.1, 0.15) is 32.6 Å². The first-order chi connectivity index (χ1) is 14.2. The number of hydrogen-bond acceptors (Lipinski definition) is 2. The normalized spacial score (nSPS) is 31.3. The fraction of sp³-hybridized carbons (Fsp3) is 0.462. The first kappa shape index (κ1) is 19.1. The summed E-state index contributed by atoms with van der Waals surface area (Å²) in [5.74, 6) is 2.40. The van der Waals surface area contributed by atoms with Gasteiger partial charge < -0.3 is 9.88 Å². The molecule has 3 aliphatic rings. The van der Waals surface area contributed by atoms with Gasteiger partial charge >= 0.3 is 0 Å². The summed E-state index contributed by atoms with van der Waals surface area (Å²) < 4.78 is 0. The summed E-state index contributed by atoms with van der Waals surface area (Å²) in [6.45, 7) is 2.32. The molecular weight excluding hydrogens is 368 g/mol. The molecule has 1 heterocycles. The van der Waals surface area contributed by atoms with Crippen molar-refractivity contribution in [2.24, 2.45) is 17.8 Å².